The maximum absolute atomic E-state index is 13.9. The highest BCUT2D eigenvalue weighted by Crippen LogP contribution is 2.41. The Morgan fingerprint density at radius 2 is 1.79 bits per heavy atom. The van der Waals surface area contributed by atoms with Crippen LogP contribution in [-0.2, 0) is 26.3 Å². The topological polar surface area (TPSA) is 126 Å². The summed E-state index contributed by atoms with van der Waals surface area (Å²) in [5.74, 6) is -3.62. The van der Waals surface area contributed by atoms with Gasteiger partial charge in [-0.2, -0.15) is 0 Å². The molecule has 3 N–H and O–H groups in total. The average molecular weight is 529 g/mol. The van der Waals surface area contributed by atoms with Gasteiger partial charge in [-0.25, -0.2) is 23.5 Å². The zero-order valence-corrected chi connectivity index (χ0v) is 20.8. The second-order valence-corrected chi connectivity index (χ2v) is 10.1. The number of aliphatic carboxylic acids is 1. The van der Waals surface area contributed by atoms with E-state index in [1.54, 1.807) is 12.1 Å². The third kappa shape index (κ3) is 5.47. The Kier molecular flexibility index (Phi) is 7.29. The Hall–Kier alpha value is -3.60. The number of fused-ring (bicyclic) bond motifs is 1. The summed E-state index contributed by atoms with van der Waals surface area (Å²) in [5.41, 5.74) is 0.900. The minimum atomic E-state index is -2.73. The van der Waals surface area contributed by atoms with E-state index in [0.29, 0.717) is 48.7 Å². The zero-order chi connectivity index (χ0) is 26.8. The molecule has 1 unspecified atom stereocenters. The second kappa shape index (κ2) is 10.6. The number of nitrogens with zero attached hydrogens (tertiary/aromatic N) is 2. The quantitative estimate of drug-likeness (QED) is 0.399. The number of carbonyl (C=O) groups is 2. The Labute approximate surface area is 218 Å². The number of alkyl carbamates (subject to hydrolysis) is 1. The van der Waals surface area contributed by atoms with Crippen molar-refractivity contribution in [2.75, 3.05) is 13.2 Å². The number of hydrogen-bond acceptors (Lipinski definition) is 6. The summed E-state index contributed by atoms with van der Waals surface area (Å²) in [4.78, 5) is 37.3. The van der Waals surface area contributed by atoms with Crippen LogP contribution in [0.15, 0.2) is 42.5 Å². The molecule has 1 aliphatic heterocycles. The molecule has 0 radical (unpaired) electrons. The molecule has 1 atom stereocenters. The highest BCUT2D eigenvalue weighted by atomic mass is 19.3. The van der Waals surface area contributed by atoms with E-state index in [4.69, 9.17) is 9.47 Å². The summed E-state index contributed by atoms with van der Waals surface area (Å²) in [6.45, 7) is 0.705. The Morgan fingerprint density at radius 1 is 1.08 bits per heavy atom. The van der Waals surface area contributed by atoms with Crippen LogP contribution in [0.25, 0.3) is 11.2 Å². The Balaban J connectivity index is 1.41. The van der Waals surface area contributed by atoms with Gasteiger partial charge >= 0.3 is 12.1 Å². The van der Waals surface area contributed by atoms with Gasteiger partial charge in [-0.15, -0.1) is 0 Å². The Morgan fingerprint density at radius 3 is 2.47 bits per heavy atom. The number of carboxylic acid groups (broad SMARTS) is 1. The van der Waals surface area contributed by atoms with Crippen LogP contribution >= 0.6 is 0 Å². The third-order valence-electron chi connectivity index (χ3n) is 7.62. The predicted octanol–water partition coefficient (Wildman–Crippen LogP) is 4.88. The van der Waals surface area contributed by atoms with Gasteiger partial charge in [0.2, 0.25) is 5.92 Å². The van der Waals surface area contributed by atoms with E-state index in [1.807, 2.05) is 30.3 Å². The number of aromatic amines is 1. The number of amides is 1. The van der Waals surface area contributed by atoms with Crippen LogP contribution < -0.4 is 5.32 Å². The van der Waals surface area contributed by atoms with Crippen LogP contribution in [-0.4, -0.2) is 51.3 Å². The SMILES string of the molecule is O=C(NC(c1nc2nc(C3(C(=O)O)CCOCC3)ccc2[nH]1)C1CCC(F)(F)CC1)OCc1ccccc1. The minimum absolute atomic E-state index is 0.0637. The van der Waals surface area contributed by atoms with E-state index >= 15 is 0 Å². The Bertz CT molecular complexity index is 1280. The average Bonchev–Trinajstić information content (AvgIpc) is 3.35. The lowest BCUT2D eigenvalue weighted by Crippen LogP contribution is -2.42. The summed E-state index contributed by atoms with van der Waals surface area (Å²) < 4.78 is 38.6. The van der Waals surface area contributed by atoms with Gasteiger partial charge in [0, 0.05) is 26.1 Å². The van der Waals surface area contributed by atoms with Crippen molar-refractivity contribution in [1.82, 2.24) is 20.3 Å². The number of aromatic nitrogens is 3. The van der Waals surface area contributed by atoms with E-state index < -0.39 is 29.4 Å². The molecule has 1 saturated heterocycles. The number of imidazole rings is 1. The van der Waals surface area contributed by atoms with Crippen LogP contribution in [0.1, 0.15) is 61.6 Å². The van der Waals surface area contributed by atoms with Gasteiger partial charge in [0.15, 0.2) is 5.65 Å². The van der Waals surface area contributed by atoms with E-state index in [9.17, 15) is 23.5 Å². The molecular weight excluding hydrogens is 498 g/mol. The monoisotopic (exact) mass is 528 g/mol. The number of benzene rings is 1. The first kappa shape index (κ1) is 26.0. The smallest absolute Gasteiger partial charge is 0.408 e. The van der Waals surface area contributed by atoms with Crippen LogP contribution in [0.5, 0.6) is 0 Å². The summed E-state index contributed by atoms with van der Waals surface area (Å²) in [5, 5.41) is 12.8. The molecule has 5 rings (SSSR count). The van der Waals surface area contributed by atoms with Gasteiger partial charge in [0.1, 0.15) is 17.8 Å². The van der Waals surface area contributed by atoms with Crippen molar-refractivity contribution in [3.05, 3.63) is 59.5 Å². The molecule has 0 spiro atoms. The lowest BCUT2D eigenvalue weighted by atomic mass is 9.77. The first-order valence-electron chi connectivity index (χ1n) is 12.8. The fraction of sp³-hybridized carbons (Fsp3) is 0.481. The summed E-state index contributed by atoms with van der Waals surface area (Å²) >= 11 is 0. The number of nitrogens with one attached hydrogen (secondary N) is 2. The van der Waals surface area contributed by atoms with Gasteiger partial charge in [-0.05, 0) is 49.3 Å². The highest BCUT2D eigenvalue weighted by Gasteiger charge is 2.44. The number of hydrogen-bond donors (Lipinski definition) is 3. The number of pyridine rings is 1. The molecule has 2 aromatic heterocycles. The maximum Gasteiger partial charge on any atom is 0.408 e. The van der Waals surface area contributed by atoms with Gasteiger partial charge in [0.05, 0.1) is 17.3 Å². The van der Waals surface area contributed by atoms with Crippen LogP contribution in [0.2, 0.25) is 0 Å². The molecule has 1 amide bonds. The standard InChI is InChI=1S/C27H30F2N4O5/c28-27(29)10-8-18(9-11-27)21(32-25(36)38-16-17-4-2-1-3-5-17)23-30-19-6-7-20(31-22(19)33-23)26(24(34)35)12-14-37-15-13-26/h1-7,18,21H,8-16H2,(H,32,36)(H,34,35)(H,30,31,33). The van der Waals surface area contributed by atoms with E-state index in [-0.39, 0.29) is 38.2 Å². The third-order valence-corrected chi connectivity index (χ3v) is 7.62. The van der Waals surface area contributed by atoms with E-state index in [2.05, 4.69) is 20.3 Å². The normalized spacial score (nSPS) is 20.1. The van der Waals surface area contributed by atoms with Crippen LogP contribution in [0.3, 0.4) is 0 Å². The number of halogens is 2. The lowest BCUT2D eigenvalue weighted by Gasteiger charge is -2.33. The molecule has 1 saturated carbocycles. The molecule has 3 heterocycles. The van der Waals surface area contributed by atoms with Crippen molar-refractivity contribution < 1.29 is 33.0 Å². The number of ether oxygens (including phenoxy) is 2. The molecule has 202 valence electrons. The van der Waals surface area contributed by atoms with Crippen molar-refractivity contribution in [2.24, 2.45) is 5.92 Å². The largest absolute Gasteiger partial charge is 0.481 e. The molecule has 2 fully saturated rings. The first-order valence-corrected chi connectivity index (χ1v) is 12.8. The van der Waals surface area contributed by atoms with Gasteiger partial charge < -0.3 is 24.9 Å². The first-order chi connectivity index (χ1) is 18.3. The highest BCUT2D eigenvalue weighted by molar-refractivity contribution is 5.82. The summed E-state index contributed by atoms with van der Waals surface area (Å²) in [6, 6.07) is 11.9. The van der Waals surface area contributed by atoms with E-state index in [1.165, 1.54) is 0 Å². The lowest BCUT2D eigenvalue weighted by molar-refractivity contribution is -0.148. The predicted molar refractivity (Wildman–Crippen MR) is 133 cm³/mol. The molecule has 1 aliphatic carbocycles. The van der Waals surface area contributed by atoms with Gasteiger partial charge in [-0.3, -0.25) is 4.79 Å². The molecule has 2 aliphatic rings. The maximum atomic E-state index is 13.9. The van der Waals surface area contributed by atoms with Gasteiger partial charge in [0.25, 0.3) is 0 Å². The van der Waals surface area contributed by atoms with Gasteiger partial charge in [-0.1, -0.05) is 30.3 Å². The second-order valence-electron chi connectivity index (χ2n) is 10.1. The number of carbonyl (C=O) groups excluding carboxylic acids is 1. The molecule has 1 aromatic carbocycles. The number of rotatable bonds is 7. The number of carboxylic acids is 1. The molecule has 11 heteroatoms. The van der Waals surface area contributed by atoms with Crippen molar-refractivity contribution >= 4 is 23.2 Å². The fourth-order valence-corrected chi connectivity index (χ4v) is 5.32. The van der Waals surface area contributed by atoms with Crippen LogP contribution in [0.4, 0.5) is 13.6 Å². The summed E-state index contributed by atoms with van der Waals surface area (Å²) in [7, 11) is 0. The fourth-order valence-electron chi connectivity index (χ4n) is 5.32. The van der Waals surface area contributed by atoms with Crippen molar-refractivity contribution in [1.29, 1.82) is 0 Å². The summed E-state index contributed by atoms with van der Waals surface area (Å²) in [6.07, 6.45) is -0.236. The molecule has 3 aromatic rings. The van der Waals surface area contributed by atoms with Crippen LogP contribution in [0, 0.1) is 5.92 Å². The minimum Gasteiger partial charge on any atom is -0.481 e. The van der Waals surface area contributed by atoms with Crippen molar-refractivity contribution in [3.63, 3.8) is 0 Å². The zero-order valence-electron chi connectivity index (χ0n) is 20.8. The molecule has 38 heavy (non-hydrogen) atoms. The number of H-pyrrole nitrogens is 1. The van der Waals surface area contributed by atoms with Crippen molar-refractivity contribution in [3.8, 4) is 0 Å². The molecular formula is C27H30F2N4O5. The van der Waals surface area contributed by atoms with Crippen molar-refractivity contribution in [2.45, 2.75) is 62.5 Å². The molecule has 9 nitrogen and oxygen atoms in total. The van der Waals surface area contributed by atoms with E-state index in [0.717, 1.165) is 5.56 Å². The molecule has 0 bridgehead atoms. The number of alkyl halides is 2.